The Kier molecular flexibility index (Phi) is 6.40. The van der Waals surface area contributed by atoms with E-state index in [9.17, 15) is 5.11 Å². The minimum Gasteiger partial charge on any atom is -0.394 e. The summed E-state index contributed by atoms with van der Waals surface area (Å²) in [6.07, 6.45) is 4.92. The van der Waals surface area contributed by atoms with Crippen molar-refractivity contribution in [2.24, 2.45) is 0 Å². The lowest BCUT2D eigenvalue weighted by molar-refractivity contribution is 0.0593. The highest BCUT2D eigenvalue weighted by Crippen LogP contribution is 2.29. The molecule has 3 aromatic carbocycles. The molecule has 0 saturated heterocycles. The highest BCUT2D eigenvalue weighted by molar-refractivity contribution is 6.02. The quantitative estimate of drug-likeness (QED) is 0.233. The maximum absolute atomic E-state index is 9.82. The average Bonchev–Trinajstić information content (AvgIpc) is 2.70. The van der Waals surface area contributed by atoms with Crippen LogP contribution >= 0.6 is 0 Å². The van der Waals surface area contributed by atoms with Gasteiger partial charge >= 0.3 is 0 Å². The van der Waals surface area contributed by atoms with Crippen molar-refractivity contribution in [3.05, 3.63) is 85.5 Å². The molecule has 0 amide bonds. The first kappa shape index (κ1) is 19.3. The fraction of sp³-hybridized carbons (Fsp3) is 0.250. The number of hydrogen-bond acceptors (Lipinski definition) is 3. The lowest BCUT2D eigenvalue weighted by atomic mass is 9.92. The SMILES string of the molecule is C=CCC(CO)(CC=C)NCOCc1c2ccccc2cc2ccccc12. The van der Waals surface area contributed by atoms with Gasteiger partial charge in [-0.2, -0.15) is 0 Å². The van der Waals surface area contributed by atoms with E-state index in [4.69, 9.17) is 4.74 Å². The number of fused-ring (bicyclic) bond motifs is 2. The number of nitrogens with one attached hydrogen (secondary N) is 1. The van der Waals surface area contributed by atoms with Crippen LogP contribution in [0.5, 0.6) is 0 Å². The fourth-order valence-electron chi connectivity index (χ4n) is 3.59. The summed E-state index contributed by atoms with van der Waals surface area (Å²) in [6, 6.07) is 19.0. The van der Waals surface area contributed by atoms with Gasteiger partial charge in [0.2, 0.25) is 0 Å². The van der Waals surface area contributed by atoms with E-state index in [1.807, 2.05) is 12.2 Å². The smallest absolute Gasteiger partial charge is 0.0975 e. The topological polar surface area (TPSA) is 41.5 Å². The van der Waals surface area contributed by atoms with Crippen molar-refractivity contribution in [1.82, 2.24) is 5.32 Å². The fourth-order valence-corrected chi connectivity index (χ4v) is 3.59. The first-order valence-corrected chi connectivity index (χ1v) is 9.28. The zero-order valence-electron chi connectivity index (χ0n) is 15.7. The van der Waals surface area contributed by atoms with E-state index < -0.39 is 5.54 Å². The summed E-state index contributed by atoms with van der Waals surface area (Å²) in [7, 11) is 0. The normalized spacial score (nSPS) is 11.7. The molecule has 3 aromatic rings. The number of ether oxygens (including phenoxy) is 1. The summed E-state index contributed by atoms with van der Waals surface area (Å²) >= 11 is 0. The van der Waals surface area contributed by atoms with E-state index >= 15 is 0 Å². The molecule has 0 aliphatic rings. The third kappa shape index (κ3) is 4.28. The van der Waals surface area contributed by atoms with Gasteiger partial charge in [0, 0.05) is 0 Å². The summed E-state index contributed by atoms with van der Waals surface area (Å²) in [5.41, 5.74) is 0.720. The van der Waals surface area contributed by atoms with Gasteiger partial charge in [0.15, 0.2) is 0 Å². The van der Waals surface area contributed by atoms with Crippen molar-refractivity contribution < 1.29 is 9.84 Å². The van der Waals surface area contributed by atoms with Crippen LogP contribution in [-0.2, 0) is 11.3 Å². The van der Waals surface area contributed by atoms with Crippen LogP contribution in [0, 0.1) is 0 Å². The average molecular weight is 361 g/mol. The molecule has 0 heterocycles. The molecule has 0 saturated carbocycles. The molecule has 3 nitrogen and oxygen atoms in total. The van der Waals surface area contributed by atoms with Crippen LogP contribution in [0.2, 0.25) is 0 Å². The summed E-state index contributed by atoms with van der Waals surface area (Å²) < 4.78 is 6.00. The zero-order chi connectivity index (χ0) is 19.1. The summed E-state index contributed by atoms with van der Waals surface area (Å²) in [4.78, 5) is 0. The number of aliphatic hydroxyl groups excluding tert-OH is 1. The maximum atomic E-state index is 9.82. The van der Waals surface area contributed by atoms with Gasteiger partial charge in [0.25, 0.3) is 0 Å². The Labute approximate surface area is 161 Å². The molecule has 3 heteroatoms. The van der Waals surface area contributed by atoms with Crippen molar-refractivity contribution >= 4 is 21.5 Å². The van der Waals surface area contributed by atoms with Gasteiger partial charge < -0.3 is 9.84 Å². The van der Waals surface area contributed by atoms with Crippen molar-refractivity contribution in [3.63, 3.8) is 0 Å². The van der Waals surface area contributed by atoms with Gasteiger partial charge in [-0.25, -0.2) is 0 Å². The van der Waals surface area contributed by atoms with Gasteiger partial charge in [-0.1, -0.05) is 60.7 Å². The molecular weight excluding hydrogens is 334 g/mol. The largest absolute Gasteiger partial charge is 0.394 e. The highest BCUT2D eigenvalue weighted by atomic mass is 16.5. The first-order chi connectivity index (χ1) is 13.2. The monoisotopic (exact) mass is 361 g/mol. The van der Waals surface area contributed by atoms with Gasteiger partial charge in [-0.3, -0.25) is 5.32 Å². The molecule has 0 radical (unpaired) electrons. The van der Waals surface area contributed by atoms with Gasteiger partial charge in [-0.05, 0) is 46.0 Å². The van der Waals surface area contributed by atoms with E-state index in [0.717, 1.165) is 0 Å². The van der Waals surface area contributed by atoms with Crippen LogP contribution in [0.1, 0.15) is 18.4 Å². The first-order valence-electron chi connectivity index (χ1n) is 9.28. The Morgan fingerprint density at radius 2 is 1.48 bits per heavy atom. The minimum absolute atomic E-state index is 0.00555. The molecule has 27 heavy (non-hydrogen) atoms. The molecule has 0 atom stereocenters. The molecule has 140 valence electrons. The van der Waals surface area contributed by atoms with E-state index in [2.05, 4.69) is 73.1 Å². The molecule has 0 spiro atoms. The van der Waals surface area contributed by atoms with Crippen LogP contribution < -0.4 is 5.32 Å². The van der Waals surface area contributed by atoms with Gasteiger partial charge in [0.1, 0.15) is 0 Å². The summed E-state index contributed by atoms with van der Waals surface area (Å²) in [5, 5.41) is 18.0. The molecule has 0 aliphatic carbocycles. The van der Waals surface area contributed by atoms with Crippen molar-refractivity contribution in [3.8, 4) is 0 Å². The van der Waals surface area contributed by atoms with Crippen molar-refractivity contribution in [2.45, 2.75) is 25.0 Å². The molecule has 0 bridgehead atoms. The second-order valence-corrected chi connectivity index (χ2v) is 6.89. The van der Waals surface area contributed by atoms with E-state index in [0.29, 0.717) is 26.2 Å². The Balaban J connectivity index is 1.80. The summed E-state index contributed by atoms with van der Waals surface area (Å²) in [6.45, 7) is 8.44. The minimum atomic E-state index is -0.468. The second kappa shape index (κ2) is 8.96. The molecule has 2 N–H and O–H groups in total. The molecule has 0 aliphatic heterocycles. The predicted molar refractivity (Wildman–Crippen MR) is 114 cm³/mol. The Bertz CT molecular complexity index is 868. The summed E-state index contributed by atoms with van der Waals surface area (Å²) in [5.74, 6) is 0. The second-order valence-electron chi connectivity index (χ2n) is 6.89. The number of hydrogen-bond donors (Lipinski definition) is 2. The molecule has 3 rings (SSSR count). The maximum Gasteiger partial charge on any atom is 0.0975 e. The van der Waals surface area contributed by atoms with Crippen LogP contribution in [0.15, 0.2) is 79.9 Å². The Hall–Kier alpha value is -2.46. The standard InChI is InChI=1S/C24H27NO2/c1-3-13-24(17-26,14-4-2)25-18-27-16-23-21-11-7-5-9-19(21)15-20-10-6-8-12-22(20)23/h3-12,15,25-26H,1-2,13-14,16-18H2. The lowest BCUT2D eigenvalue weighted by Crippen LogP contribution is -2.48. The number of aliphatic hydroxyl groups is 1. The van der Waals surface area contributed by atoms with E-state index in [1.165, 1.54) is 27.1 Å². The third-order valence-corrected chi connectivity index (χ3v) is 5.05. The van der Waals surface area contributed by atoms with Crippen LogP contribution in [-0.4, -0.2) is 24.0 Å². The molecular formula is C24H27NO2. The molecule has 0 fully saturated rings. The third-order valence-electron chi connectivity index (χ3n) is 5.05. The Morgan fingerprint density at radius 3 is 2.00 bits per heavy atom. The van der Waals surface area contributed by atoms with Crippen LogP contribution in [0.4, 0.5) is 0 Å². The predicted octanol–water partition coefficient (Wildman–Crippen LogP) is 4.94. The molecule has 0 aromatic heterocycles. The van der Waals surface area contributed by atoms with Crippen molar-refractivity contribution in [2.75, 3.05) is 13.3 Å². The van der Waals surface area contributed by atoms with Crippen LogP contribution in [0.25, 0.3) is 21.5 Å². The van der Waals surface area contributed by atoms with Crippen molar-refractivity contribution in [1.29, 1.82) is 0 Å². The lowest BCUT2D eigenvalue weighted by Gasteiger charge is -2.31. The van der Waals surface area contributed by atoms with Crippen LogP contribution in [0.3, 0.4) is 0 Å². The van der Waals surface area contributed by atoms with E-state index in [1.54, 1.807) is 0 Å². The zero-order valence-corrected chi connectivity index (χ0v) is 15.7. The molecule has 0 unspecified atom stereocenters. The number of rotatable bonds is 10. The van der Waals surface area contributed by atoms with Gasteiger partial charge in [0.05, 0.1) is 25.5 Å². The van der Waals surface area contributed by atoms with E-state index in [-0.39, 0.29) is 6.61 Å². The number of benzene rings is 3. The van der Waals surface area contributed by atoms with Gasteiger partial charge in [-0.15, -0.1) is 13.2 Å². The Morgan fingerprint density at radius 1 is 0.926 bits per heavy atom. The highest BCUT2D eigenvalue weighted by Gasteiger charge is 2.25.